The average molecular weight is 519 g/mol. The van der Waals surface area contributed by atoms with E-state index in [0.717, 1.165) is 17.3 Å². The highest BCUT2D eigenvalue weighted by Crippen LogP contribution is 2.21. The number of imidazole rings is 2. The van der Waals surface area contributed by atoms with E-state index in [0.29, 0.717) is 41.8 Å². The molecule has 3 aromatic heterocycles. The topological polar surface area (TPSA) is 116 Å². The van der Waals surface area contributed by atoms with Crippen molar-refractivity contribution in [3.8, 4) is 6.07 Å². The molecule has 9 nitrogen and oxygen atoms in total. The Balaban J connectivity index is 1.57. The first-order valence-corrected chi connectivity index (χ1v) is 13.5. The highest BCUT2D eigenvalue weighted by atomic mass is 32.2. The highest BCUT2D eigenvalue weighted by Gasteiger charge is 2.18. The summed E-state index contributed by atoms with van der Waals surface area (Å²) in [7, 11) is -3.33. The molecule has 5 aromatic rings. The van der Waals surface area contributed by atoms with Gasteiger partial charge in [0.05, 0.1) is 52.3 Å². The number of hydrogen-bond donors (Lipinski definition) is 0. The molecule has 0 fully saturated rings. The number of halogens is 1. The van der Waals surface area contributed by atoms with Gasteiger partial charge in [-0.2, -0.15) is 5.26 Å². The van der Waals surface area contributed by atoms with Crippen LogP contribution >= 0.6 is 0 Å². The lowest BCUT2D eigenvalue weighted by Gasteiger charge is -2.09. The number of nitriles is 1. The van der Waals surface area contributed by atoms with Crippen molar-refractivity contribution >= 4 is 31.9 Å². The fourth-order valence-corrected chi connectivity index (χ4v) is 5.11. The lowest BCUT2D eigenvalue weighted by molar-refractivity contribution is 0.601. The van der Waals surface area contributed by atoms with Crippen molar-refractivity contribution in [3.63, 3.8) is 0 Å². The van der Waals surface area contributed by atoms with E-state index in [1.54, 1.807) is 45.8 Å². The van der Waals surface area contributed by atoms with Gasteiger partial charge in [-0.05, 0) is 42.3 Å². The Labute approximate surface area is 212 Å². The molecule has 0 aliphatic rings. The summed E-state index contributed by atoms with van der Waals surface area (Å²) in [6, 6.07) is 14.7. The van der Waals surface area contributed by atoms with Crippen LogP contribution in [0, 0.1) is 17.1 Å². The summed E-state index contributed by atoms with van der Waals surface area (Å²) in [6.07, 6.45) is 5.33. The lowest BCUT2D eigenvalue weighted by atomic mass is 10.2. The molecule has 0 unspecified atom stereocenters. The summed E-state index contributed by atoms with van der Waals surface area (Å²) in [6.45, 7) is 0.872. The van der Waals surface area contributed by atoms with E-state index in [9.17, 15) is 17.6 Å². The van der Waals surface area contributed by atoms with Gasteiger partial charge in [0.15, 0.2) is 9.84 Å². The number of fused-ring (bicyclic) bond motifs is 2. The van der Waals surface area contributed by atoms with E-state index < -0.39 is 15.7 Å². The number of pyridine rings is 1. The van der Waals surface area contributed by atoms with Crippen LogP contribution in [-0.2, 0) is 29.5 Å². The van der Waals surface area contributed by atoms with Crippen LogP contribution in [0.1, 0.15) is 24.2 Å². The zero-order chi connectivity index (χ0) is 26.2. The molecule has 188 valence electrons. The standard InChI is InChI=1S/C26H23FN6O3S/c1-37(35,36)20-7-4-18(5-8-20)16-32-24-15-29-12-10-23(24)33(26(32)34)17-25-30-21-14-19(27)6-9-22(21)31(25)13-3-2-11-28/h4-10,12,14-15H,2-3,13,16-17H2,1H3. The largest absolute Gasteiger partial charge is 0.329 e. The van der Waals surface area contributed by atoms with Crippen molar-refractivity contribution in [1.29, 1.82) is 5.26 Å². The number of rotatable bonds is 8. The van der Waals surface area contributed by atoms with Gasteiger partial charge in [-0.25, -0.2) is 22.6 Å². The van der Waals surface area contributed by atoms with Gasteiger partial charge in [-0.3, -0.25) is 14.1 Å². The number of benzene rings is 2. The third-order valence-electron chi connectivity index (χ3n) is 6.27. The molecule has 0 N–H and O–H groups in total. The lowest BCUT2D eigenvalue weighted by Crippen LogP contribution is -2.26. The fourth-order valence-electron chi connectivity index (χ4n) is 4.48. The van der Waals surface area contributed by atoms with Gasteiger partial charge in [0.2, 0.25) is 0 Å². The van der Waals surface area contributed by atoms with Crippen LogP contribution in [-0.4, -0.2) is 38.3 Å². The summed E-state index contributed by atoms with van der Waals surface area (Å²) in [5, 5.41) is 8.97. The number of unbranched alkanes of at least 4 members (excludes halogenated alkanes) is 1. The maximum Gasteiger partial charge on any atom is 0.329 e. The van der Waals surface area contributed by atoms with Gasteiger partial charge in [0.25, 0.3) is 0 Å². The normalized spacial score (nSPS) is 11.8. The van der Waals surface area contributed by atoms with Gasteiger partial charge in [0.1, 0.15) is 11.6 Å². The molecular weight excluding hydrogens is 495 g/mol. The van der Waals surface area contributed by atoms with Crippen molar-refractivity contribution in [2.75, 3.05) is 6.26 Å². The summed E-state index contributed by atoms with van der Waals surface area (Å²) in [5.74, 6) is 0.177. The van der Waals surface area contributed by atoms with Gasteiger partial charge in [-0.15, -0.1) is 0 Å². The van der Waals surface area contributed by atoms with Gasteiger partial charge < -0.3 is 4.57 Å². The predicted octanol–water partition coefficient (Wildman–Crippen LogP) is 3.49. The van der Waals surface area contributed by atoms with Crippen LogP contribution in [0.15, 0.2) is 70.6 Å². The predicted molar refractivity (Wildman–Crippen MR) is 136 cm³/mol. The van der Waals surface area contributed by atoms with Crippen LogP contribution in [0.2, 0.25) is 0 Å². The molecular formula is C26H23FN6O3S. The first-order chi connectivity index (χ1) is 17.8. The Morgan fingerprint density at radius 1 is 0.973 bits per heavy atom. The summed E-state index contributed by atoms with van der Waals surface area (Å²) < 4.78 is 42.6. The molecule has 0 radical (unpaired) electrons. The SMILES string of the molecule is CS(=O)(=O)c1ccc(Cn2c(=O)n(Cc3nc4cc(F)ccc4n3CCCC#N)c3ccncc32)cc1. The highest BCUT2D eigenvalue weighted by molar-refractivity contribution is 7.90. The summed E-state index contributed by atoms with van der Waals surface area (Å²) in [4.78, 5) is 22.6. The van der Waals surface area contributed by atoms with Crippen molar-refractivity contribution in [3.05, 3.63) is 88.6 Å². The van der Waals surface area contributed by atoms with Gasteiger partial charge >= 0.3 is 5.69 Å². The first-order valence-electron chi connectivity index (χ1n) is 11.6. The van der Waals surface area contributed by atoms with Gasteiger partial charge in [0, 0.05) is 31.5 Å². The molecule has 3 heterocycles. The number of aryl methyl sites for hydroxylation is 1. The maximum atomic E-state index is 13.9. The van der Waals surface area contributed by atoms with Gasteiger partial charge in [-0.1, -0.05) is 12.1 Å². The molecule has 5 rings (SSSR count). The van der Waals surface area contributed by atoms with Crippen molar-refractivity contribution in [2.24, 2.45) is 0 Å². The van der Waals surface area contributed by atoms with Crippen LogP contribution in [0.5, 0.6) is 0 Å². The van der Waals surface area contributed by atoms with Crippen molar-refractivity contribution < 1.29 is 12.8 Å². The second-order valence-electron chi connectivity index (χ2n) is 8.81. The monoisotopic (exact) mass is 518 g/mol. The molecule has 37 heavy (non-hydrogen) atoms. The van der Waals surface area contributed by atoms with Crippen LogP contribution in [0.4, 0.5) is 4.39 Å². The second-order valence-corrected chi connectivity index (χ2v) is 10.8. The Morgan fingerprint density at radius 3 is 2.46 bits per heavy atom. The molecule has 2 aromatic carbocycles. The summed E-state index contributed by atoms with van der Waals surface area (Å²) >= 11 is 0. The van der Waals surface area contributed by atoms with E-state index in [1.165, 1.54) is 24.3 Å². The minimum atomic E-state index is -3.33. The third kappa shape index (κ3) is 4.75. The Kier molecular flexibility index (Phi) is 6.35. The minimum Gasteiger partial charge on any atom is -0.326 e. The Bertz CT molecular complexity index is 1830. The zero-order valence-electron chi connectivity index (χ0n) is 20.0. The molecule has 0 bridgehead atoms. The fraction of sp³-hybridized carbons (Fsp3) is 0.231. The van der Waals surface area contributed by atoms with Crippen LogP contribution in [0.25, 0.3) is 22.1 Å². The van der Waals surface area contributed by atoms with E-state index in [1.807, 2.05) is 4.57 Å². The number of hydrogen-bond acceptors (Lipinski definition) is 6. The molecule has 0 spiro atoms. The van der Waals surface area contributed by atoms with E-state index in [2.05, 4.69) is 16.0 Å². The maximum absolute atomic E-state index is 13.9. The number of nitrogens with zero attached hydrogens (tertiary/aromatic N) is 6. The number of sulfone groups is 1. The third-order valence-corrected chi connectivity index (χ3v) is 7.40. The van der Waals surface area contributed by atoms with Crippen molar-refractivity contribution in [2.45, 2.75) is 37.4 Å². The number of aromatic nitrogens is 5. The molecule has 0 saturated heterocycles. The molecule has 0 aliphatic heterocycles. The van der Waals surface area contributed by atoms with E-state index in [4.69, 9.17) is 5.26 Å². The van der Waals surface area contributed by atoms with Crippen LogP contribution < -0.4 is 5.69 Å². The summed E-state index contributed by atoms with van der Waals surface area (Å²) in [5.41, 5.74) is 2.98. The quantitative estimate of drug-likeness (QED) is 0.291. The molecule has 0 atom stereocenters. The first kappa shape index (κ1) is 24.4. The Hall–Kier alpha value is -4.30. The van der Waals surface area contributed by atoms with Crippen LogP contribution in [0.3, 0.4) is 0 Å². The molecule has 0 saturated carbocycles. The smallest absolute Gasteiger partial charge is 0.326 e. The van der Waals surface area contributed by atoms with E-state index in [-0.39, 0.29) is 23.7 Å². The molecule has 11 heteroatoms. The molecule has 0 aliphatic carbocycles. The average Bonchev–Trinajstić information content (AvgIpc) is 3.34. The minimum absolute atomic E-state index is 0.141. The van der Waals surface area contributed by atoms with Crippen molar-refractivity contribution in [1.82, 2.24) is 23.7 Å². The second kappa shape index (κ2) is 9.63. The zero-order valence-corrected chi connectivity index (χ0v) is 20.8. The Morgan fingerprint density at radius 2 is 1.73 bits per heavy atom. The molecule has 0 amide bonds. The van der Waals surface area contributed by atoms with E-state index >= 15 is 0 Å².